The van der Waals surface area contributed by atoms with Crippen LogP contribution in [0.15, 0.2) is 83.8 Å². The molecule has 0 spiro atoms. The van der Waals surface area contributed by atoms with Crippen molar-refractivity contribution in [3.63, 3.8) is 0 Å². The molecule has 4 atom stereocenters. The molecule has 3 aromatic carbocycles. The Bertz CT molecular complexity index is 1280. The van der Waals surface area contributed by atoms with E-state index in [1.54, 1.807) is 24.3 Å². The summed E-state index contributed by atoms with van der Waals surface area (Å²) in [6, 6.07) is 23.2. The Hall–Kier alpha value is -3.04. The predicted molar refractivity (Wildman–Crippen MR) is 136 cm³/mol. The van der Waals surface area contributed by atoms with Crippen molar-refractivity contribution in [2.24, 2.45) is 5.92 Å². The van der Waals surface area contributed by atoms with Crippen molar-refractivity contribution in [2.45, 2.75) is 49.3 Å². The van der Waals surface area contributed by atoms with E-state index in [0.717, 1.165) is 27.0 Å². The van der Waals surface area contributed by atoms with Gasteiger partial charge in [-0.3, -0.25) is 4.79 Å². The lowest BCUT2D eigenvalue weighted by Gasteiger charge is -2.24. The third kappa shape index (κ3) is 6.39. The fourth-order valence-electron chi connectivity index (χ4n) is 4.69. The fraction of sp³-hybridized carbons (Fsp3) is 0.321. The molecule has 0 heterocycles. The molecule has 0 fully saturated rings. The molecule has 0 aliphatic heterocycles. The van der Waals surface area contributed by atoms with Gasteiger partial charge in [-0.25, -0.2) is 4.72 Å². The first-order valence-electron chi connectivity index (χ1n) is 12.2. The van der Waals surface area contributed by atoms with E-state index in [2.05, 4.69) is 5.32 Å². The number of primary sulfonamides is 1. The summed E-state index contributed by atoms with van der Waals surface area (Å²) < 4.78 is 26.5. The molecule has 0 saturated carbocycles. The lowest BCUT2D eigenvalue weighted by Crippen LogP contribution is -2.89. The first kappa shape index (κ1) is 26.0. The molecule has 1 aliphatic rings. The molecule has 36 heavy (non-hydrogen) atoms. The summed E-state index contributed by atoms with van der Waals surface area (Å²) in [5, 5.41) is 24.3. The summed E-state index contributed by atoms with van der Waals surface area (Å²) >= 11 is 0. The number of aliphatic hydroxyl groups excluding tert-OH is 2. The number of nitrogens with one attached hydrogen (secondary N) is 1. The lowest BCUT2D eigenvalue weighted by molar-refractivity contribution is -0.507. The van der Waals surface area contributed by atoms with Crippen molar-refractivity contribution in [3.05, 3.63) is 101 Å². The minimum atomic E-state index is -3.67. The highest BCUT2D eigenvalue weighted by atomic mass is 32.2. The number of benzene rings is 3. The second-order valence-corrected chi connectivity index (χ2v) is 11.4. The highest BCUT2D eigenvalue weighted by Crippen LogP contribution is 2.31. The molecule has 1 aliphatic carbocycles. The van der Waals surface area contributed by atoms with E-state index in [4.69, 9.17) is 0 Å². The van der Waals surface area contributed by atoms with E-state index >= 15 is 0 Å². The van der Waals surface area contributed by atoms with Crippen molar-refractivity contribution >= 4 is 15.9 Å². The first-order valence-corrected chi connectivity index (χ1v) is 13.7. The fourth-order valence-corrected chi connectivity index (χ4v) is 5.87. The largest absolute Gasteiger partial charge is 0.390 e. The third-order valence-electron chi connectivity index (χ3n) is 6.69. The Labute approximate surface area is 212 Å². The van der Waals surface area contributed by atoms with Crippen molar-refractivity contribution in [1.82, 2.24) is 5.32 Å². The van der Waals surface area contributed by atoms with Crippen LogP contribution in [0.4, 0.5) is 0 Å². The van der Waals surface area contributed by atoms with Gasteiger partial charge >= 0.3 is 10.0 Å². The Kier molecular flexibility index (Phi) is 8.21. The van der Waals surface area contributed by atoms with E-state index in [-0.39, 0.29) is 23.8 Å². The van der Waals surface area contributed by atoms with Crippen molar-refractivity contribution < 1.29 is 28.1 Å². The smallest absolute Gasteiger partial charge is 0.324 e. The van der Waals surface area contributed by atoms with Crippen LogP contribution in [0.5, 0.6) is 0 Å². The Balaban J connectivity index is 1.44. The van der Waals surface area contributed by atoms with Gasteiger partial charge in [0.05, 0.1) is 12.1 Å². The van der Waals surface area contributed by atoms with Gasteiger partial charge in [-0.05, 0) is 48.6 Å². The average molecular weight is 510 g/mol. The molecule has 190 valence electrons. The molecular formula is C28H33N2O5S+. The normalized spacial score (nSPS) is 18.9. The highest BCUT2D eigenvalue weighted by molar-refractivity contribution is 7.84. The zero-order valence-electron chi connectivity index (χ0n) is 20.2. The van der Waals surface area contributed by atoms with Gasteiger partial charge < -0.3 is 15.5 Å². The maximum Gasteiger partial charge on any atom is 0.324 e. The molecular weight excluding hydrogens is 476 g/mol. The van der Waals surface area contributed by atoms with Crippen LogP contribution < -0.4 is 10.0 Å². The van der Waals surface area contributed by atoms with Crippen molar-refractivity contribution in [1.29, 1.82) is 0 Å². The highest BCUT2D eigenvalue weighted by Gasteiger charge is 2.34. The summed E-state index contributed by atoms with van der Waals surface area (Å²) in [6.07, 6.45) is -0.796. The van der Waals surface area contributed by atoms with Crippen LogP contribution in [-0.2, 0) is 27.7 Å². The van der Waals surface area contributed by atoms with Crippen LogP contribution in [0, 0.1) is 12.8 Å². The Morgan fingerprint density at radius 2 is 1.69 bits per heavy atom. The molecule has 0 saturated heterocycles. The quantitative estimate of drug-likeness (QED) is 0.331. The van der Waals surface area contributed by atoms with Gasteiger partial charge in [0.25, 0.3) is 0 Å². The molecule has 7 nitrogen and oxygen atoms in total. The number of fused-ring (bicyclic) bond motifs is 1. The number of rotatable bonds is 10. The summed E-state index contributed by atoms with van der Waals surface area (Å²) in [7, 11) is -3.67. The number of carbonyl (C=O) groups excluding carboxylic acids is 1. The Morgan fingerprint density at radius 1 is 1.03 bits per heavy atom. The second-order valence-electron chi connectivity index (χ2n) is 9.49. The second kappa shape index (κ2) is 11.3. The van der Waals surface area contributed by atoms with Crippen molar-refractivity contribution in [2.75, 3.05) is 6.54 Å². The molecule has 4 unspecified atom stereocenters. The number of aliphatic hydroxyl groups is 2. The number of quaternary nitrogens is 1. The predicted octanol–water partition coefficient (Wildman–Crippen LogP) is 1.63. The number of nitrogens with two attached hydrogens (primary N) is 1. The molecule has 0 aromatic heterocycles. The van der Waals surface area contributed by atoms with Gasteiger partial charge in [-0.2, -0.15) is 8.42 Å². The van der Waals surface area contributed by atoms with Gasteiger partial charge in [0.15, 0.2) is 0 Å². The minimum absolute atomic E-state index is 0.0884. The average Bonchev–Trinajstić information content (AvgIpc) is 3.18. The molecule has 8 heteroatoms. The van der Waals surface area contributed by atoms with Crippen LogP contribution in [0.3, 0.4) is 0 Å². The Morgan fingerprint density at radius 3 is 2.42 bits per heavy atom. The molecule has 1 amide bonds. The van der Waals surface area contributed by atoms with Gasteiger partial charge in [-0.1, -0.05) is 72.3 Å². The maximum atomic E-state index is 13.4. The zero-order valence-corrected chi connectivity index (χ0v) is 21.1. The molecule has 4 rings (SSSR count). The number of carbonyl (C=O) groups is 1. The summed E-state index contributed by atoms with van der Waals surface area (Å²) in [6.45, 7) is 1.79. The number of aryl methyl sites for hydroxylation is 1. The molecule has 5 N–H and O–H groups in total. The van der Waals surface area contributed by atoms with Gasteiger partial charge in [-0.15, -0.1) is 0 Å². The molecule has 0 radical (unpaired) electrons. The van der Waals surface area contributed by atoms with E-state index < -0.39 is 34.2 Å². The van der Waals surface area contributed by atoms with Crippen LogP contribution in [-0.4, -0.2) is 43.3 Å². The van der Waals surface area contributed by atoms with Crippen LogP contribution in [0.1, 0.15) is 34.7 Å². The summed E-state index contributed by atoms with van der Waals surface area (Å²) in [4.78, 5) is 13.6. The first-order chi connectivity index (χ1) is 17.2. The molecule has 0 bridgehead atoms. The van der Waals surface area contributed by atoms with Crippen LogP contribution in [0.2, 0.25) is 0 Å². The van der Waals surface area contributed by atoms with Gasteiger partial charge in [0, 0.05) is 12.3 Å². The molecule has 3 aromatic rings. The lowest BCUT2D eigenvalue weighted by atomic mass is 9.92. The van der Waals surface area contributed by atoms with Crippen LogP contribution >= 0.6 is 0 Å². The van der Waals surface area contributed by atoms with Gasteiger partial charge in [0.2, 0.25) is 5.91 Å². The van der Waals surface area contributed by atoms with Crippen LogP contribution in [0.25, 0.3) is 0 Å². The topological polar surface area (TPSA) is 120 Å². The number of sulfonamides is 1. The number of hydrogen-bond donors (Lipinski definition) is 4. The van der Waals surface area contributed by atoms with Crippen molar-refractivity contribution in [3.8, 4) is 0 Å². The van der Waals surface area contributed by atoms with E-state index in [0.29, 0.717) is 12.8 Å². The van der Waals surface area contributed by atoms with E-state index in [1.165, 1.54) is 0 Å². The summed E-state index contributed by atoms with van der Waals surface area (Å²) in [5.41, 5.74) is 3.80. The third-order valence-corrected chi connectivity index (χ3v) is 8.25. The standard InChI is InChI=1S/C28H32N2O5S/c1-19-11-13-24(14-12-19)36(34,35)29-18-23(31)16-22(15-20-7-3-2-4-8-20)28(33)30-27-25-10-6-5-9-21(25)17-26(27)32/h2-14,22-23,26-27,29,31-32H,15-18H2,1H3,(H,30,33)/p+1. The van der Waals surface area contributed by atoms with E-state index in [1.807, 2.05) is 61.5 Å². The maximum absolute atomic E-state index is 13.4. The minimum Gasteiger partial charge on any atom is -0.390 e. The SMILES string of the molecule is Cc1ccc(S(=O)(=O)[NH2+]CC(O)CC(Cc2ccccc2)C(=O)NC2c3ccccc3CC2O)cc1. The zero-order chi connectivity index (χ0) is 25.7. The van der Waals surface area contributed by atoms with Gasteiger partial charge in [0.1, 0.15) is 17.5 Å². The number of hydrogen-bond acceptors (Lipinski definition) is 5. The van der Waals surface area contributed by atoms with E-state index in [9.17, 15) is 23.4 Å². The summed E-state index contributed by atoms with van der Waals surface area (Å²) in [5.74, 6) is -0.877. The number of amides is 1. The monoisotopic (exact) mass is 509 g/mol.